The molecule has 0 aromatic carbocycles. The average molecular weight is 371 g/mol. The number of halogens is 1. The number of anilines is 1. The predicted octanol–water partition coefficient (Wildman–Crippen LogP) is 2.45. The van der Waals surface area contributed by atoms with Crippen LogP contribution in [0.4, 0.5) is 5.82 Å². The van der Waals surface area contributed by atoms with Gasteiger partial charge in [0.15, 0.2) is 5.82 Å². The minimum Gasteiger partial charge on any atom is -0.361 e. The van der Waals surface area contributed by atoms with Crippen molar-refractivity contribution < 1.29 is 0 Å². The van der Waals surface area contributed by atoms with E-state index in [-0.39, 0.29) is 5.54 Å². The summed E-state index contributed by atoms with van der Waals surface area (Å²) in [6, 6.07) is 2.04. The van der Waals surface area contributed by atoms with Crippen LogP contribution < -0.4 is 4.90 Å². The number of nitrogens with one attached hydrogen (secondary N) is 2. The Morgan fingerprint density at radius 2 is 2.15 bits per heavy atom. The van der Waals surface area contributed by atoms with Gasteiger partial charge in [-0.1, -0.05) is 6.58 Å². The number of hydrogen-bond donors (Lipinski definition) is 2. The second-order valence-corrected chi connectivity index (χ2v) is 7.34. The van der Waals surface area contributed by atoms with E-state index in [1.165, 1.54) is 0 Å². The zero-order chi connectivity index (χ0) is 17.7. The molecule has 1 saturated carbocycles. The summed E-state index contributed by atoms with van der Waals surface area (Å²) < 4.78 is 0. The molecule has 1 aliphatic heterocycles. The molecule has 2 fully saturated rings. The van der Waals surface area contributed by atoms with Crippen LogP contribution in [0.15, 0.2) is 25.2 Å². The van der Waals surface area contributed by atoms with Crippen LogP contribution in [0.3, 0.4) is 0 Å². The van der Waals surface area contributed by atoms with Crippen LogP contribution in [-0.2, 0) is 0 Å². The molecule has 0 amide bonds. The summed E-state index contributed by atoms with van der Waals surface area (Å²) in [7, 11) is 0. The molecule has 4 heterocycles. The first-order valence-corrected chi connectivity index (χ1v) is 9.12. The molecular formula is C17H19ClN8. The number of rotatable bonds is 3. The zero-order valence-corrected chi connectivity index (χ0v) is 15.0. The zero-order valence-electron chi connectivity index (χ0n) is 14.2. The topological polar surface area (TPSA) is 89.6 Å². The molecule has 26 heavy (non-hydrogen) atoms. The normalized spacial score (nSPS) is 19.1. The lowest BCUT2D eigenvalue weighted by Gasteiger charge is -2.34. The SMILES string of the molecule is C=C(c1n[nH]c(Cl)n1)N1CCCN(c2ncnc3[nH]ccc23)CC12CC2. The van der Waals surface area contributed by atoms with Gasteiger partial charge in [0.1, 0.15) is 17.8 Å². The van der Waals surface area contributed by atoms with Crippen LogP contribution in [0.5, 0.6) is 0 Å². The Morgan fingerprint density at radius 1 is 1.27 bits per heavy atom. The van der Waals surface area contributed by atoms with Gasteiger partial charge in [0.25, 0.3) is 0 Å². The monoisotopic (exact) mass is 370 g/mol. The van der Waals surface area contributed by atoms with Gasteiger partial charge >= 0.3 is 0 Å². The second-order valence-electron chi connectivity index (χ2n) is 6.98. The third-order valence-electron chi connectivity index (χ3n) is 5.37. The van der Waals surface area contributed by atoms with Crippen molar-refractivity contribution in [3.63, 3.8) is 0 Å². The van der Waals surface area contributed by atoms with Crippen molar-refractivity contribution in [1.29, 1.82) is 0 Å². The van der Waals surface area contributed by atoms with Crippen molar-refractivity contribution in [2.75, 3.05) is 24.5 Å². The maximum Gasteiger partial charge on any atom is 0.218 e. The predicted molar refractivity (Wildman–Crippen MR) is 99.8 cm³/mol. The van der Waals surface area contributed by atoms with E-state index in [2.05, 4.69) is 46.5 Å². The van der Waals surface area contributed by atoms with Gasteiger partial charge < -0.3 is 14.8 Å². The van der Waals surface area contributed by atoms with E-state index < -0.39 is 0 Å². The summed E-state index contributed by atoms with van der Waals surface area (Å²) in [5.41, 5.74) is 1.77. The Labute approximate surface area is 155 Å². The van der Waals surface area contributed by atoms with Gasteiger partial charge in [-0.25, -0.2) is 15.1 Å². The van der Waals surface area contributed by atoms with Crippen LogP contribution in [0.2, 0.25) is 5.28 Å². The molecule has 0 bridgehead atoms. The highest BCUT2D eigenvalue weighted by molar-refractivity contribution is 6.28. The largest absolute Gasteiger partial charge is 0.361 e. The number of nitrogens with zero attached hydrogens (tertiary/aromatic N) is 6. The fraction of sp³-hybridized carbons (Fsp3) is 0.412. The number of aromatic nitrogens is 6. The second kappa shape index (κ2) is 5.70. The van der Waals surface area contributed by atoms with Crippen LogP contribution >= 0.6 is 11.6 Å². The molecule has 0 radical (unpaired) electrons. The van der Waals surface area contributed by atoms with Gasteiger partial charge in [0, 0.05) is 25.8 Å². The fourth-order valence-corrected chi connectivity index (χ4v) is 4.08. The summed E-state index contributed by atoms with van der Waals surface area (Å²) in [4.78, 5) is 21.0. The Morgan fingerprint density at radius 3 is 2.92 bits per heavy atom. The molecule has 0 unspecified atom stereocenters. The summed E-state index contributed by atoms with van der Waals surface area (Å²) in [6.45, 7) is 7.02. The summed E-state index contributed by atoms with van der Waals surface area (Å²) in [5.74, 6) is 1.57. The average Bonchev–Trinajstić information content (AvgIpc) is 3.09. The Hall–Kier alpha value is -2.61. The molecule has 9 heteroatoms. The lowest BCUT2D eigenvalue weighted by atomic mass is 10.2. The Kier molecular flexibility index (Phi) is 3.43. The molecule has 2 N–H and O–H groups in total. The third-order valence-corrected chi connectivity index (χ3v) is 5.54. The highest BCUT2D eigenvalue weighted by atomic mass is 35.5. The first-order chi connectivity index (χ1) is 12.7. The molecule has 134 valence electrons. The first kappa shape index (κ1) is 15.6. The molecule has 3 aromatic heterocycles. The van der Waals surface area contributed by atoms with Crippen molar-refractivity contribution in [3.05, 3.63) is 36.3 Å². The number of aromatic amines is 2. The van der Waals surface area contributed by atoms with Gasteiger partial charge in [-0.05, 0) is 36.9 Å². The van der Waals surface area contributed by atoms with Crippen LogP contribution in [-0.4, -0.2) is 60.2 Å². The van der Waals surface area contributed by atoms with Crippen molar-refractivity contribution >= 4 is 34.1 Å². The highest BCUT2D eigenvalue weighted by Crippen LogP contribution is 2.47. The summed E-state index contributed by atoms with van der Waals surface area (Å²) in [6.07, 6.45) is 6.80. The van der Waals surface area contributed by atoms with E-state index in [0.29, 0.717) is 11.1 Å². The Balaban J connectivity index is 1.46. The quantitative estimate of drug-likeness (QED) is 0.736. The maximum atomic E-state index is 5.90. The first-order valence-electron chi connectivity index (χ1n) is 8.74. The van der Waals surface area contributed by atoms with E-state index in [0.717, 1.165) is 61.4 Å². The van der Waals surface area contributed by atoms with E-state index in [1.54, 1.807) is 6.33 Å². The summed E-state index contributed by atoms with van der Waals surface area (Å²) >= 11 is 5.90. The van der Waals surface area contributed by atoms with Gasteiger partial charge in [-0.15, -0.1) is 0 Å². The van der Waals surface area contributed by atoms with E-state index in [1.807, 2.05) is 12.3 Å². The minimum absolute atomic E-state index is 0.0638. The number of H-pyrrole nitrogens is 2. The van der Waals surface area contributed by atoms with Crippen LogP contribution in [0.1, 0.15) is 25.1 Å². The van der Waals surface area contributed by atoms with E-state index >= 15 is 0 Å². The molecule has 3 aromatic rings. The number of fused-ring (bicyclic) bond motifs is 1. The van der Waals surface area contributed by atoms with Crippen molar-refractivity contribution in [3.8, 4) is 0 Å². The molecule has 1 spiro atoms. The highest BCUT2D eigenvalue weighted by Gasteiger charge is 2.51. The van der Waals surface area contributed by atoms with Crippen molar-refractivity contribution in [1.82, 2.24) is 35.0 Å². The van der Waals surface area contributed by atoms with E-state index in [4.69, 9.17) is 11.6 Å². The van der Waals surface area contributed by atoms with Gasteiger partial charge in [0.05, 0.1) is 16.6 Å². The van der Waals surface area contributed by atoms with Crippen molar-refractivity contribution in [2.45, 2.75) is 24.8 Å². The lowest BCUT2D eigenvalue weighted by molar-refractivity contribution is 0.292. The lowest BCUT2D eigenvalue weighted by Crippen LogP contribution is -2.42. The van der Waals surface area contributed by atoms with E-state index in [9.17, 15) is 0 Å². The minimum atomic E-state index is 0.0638. The van der Waals surface area contributed by atoms with Gasteiger partial charge in [0.2, 0.25) is 5.28 Å². The third kappa shape index (κ3) is 2.44. The molecule has 5 rings (SSSR count). The van der Waals surface area contributed by atoms with Gasteiger partial charge in [-0.2, -0.15) is 10.1 Å². The molecule has 2 aliphatic rings. The Bertz CT molecular complexity index is 972. The number of hydrogen-bond acceptors (Lipinski definition) is 6. The maximum absolute atomic E-state index is 5.90. The van der Waals surface area contributed by atoms with Crippen LogP contribution in [0, 0.1) is 0 Å². The van der Waals surface area contributed by atoms with Crippen molar-refractivity contribution in [2.24, 2.45) is 0 Å². The smallest absolute Gasteiger partial charge is 0.218 e. The van der Waals surface area contributed by atoms with Crippen LogP contribution in [0.25, 0.3) is 16.7 Å². The van der Waals surface area contributed by atoms with Gasteiger partial charge in [-0.3, -0.25) is 0 Å². The molecule has 8 nitrogen and oxygen atoms in total. The molecule has 1 saturated heterocycles. The molecule has 0 atom stereocenters. The summed E-state index contributed by atoms with van der Waals surface area (Å²) in [5, 5.41) is 8.22. The molecule has 1 aliphatic carbocycles. The molecular weight excluding hydrogens is 352 g/mol. The fourth-order valence-electron chi connectivity index (χ4n) is 3.95. The standard InChI is InChI=1S/C17H19ClN8/c1-11(13-22-16(18)24-23-13)26-8-2-7-25(9-17(26)4-5-17)15-12-3-6-19-14(12)20-10-21-15/h3,6,10H,1-2,4-5,7-9H2,(H,19,20,21)(H,22,23,24).